The number of piperidine rings is 1. The third kappa shape index (κ3) is 2.74. The fourth-order valence-electron chi connectivity index (χ4n) is 4.68. The lowest BCUT2D eigenvalue weighted by Gasteiger charge is -2.33. The molecule has 4 N–H and O–H groups in total. The second kappa shape index (κ2) is 6.36. The number of para-hydroxylation sites is 1. The lowest BCUT2D eigenvalue weighted by molar-refractivity contribution is 0.200. The van der Waals surface area contributed by atoms with Gasteiger partial charge in [0.05, 0.1) is 11.0 Å². The van der Waals surface area contributed by atoms with Crippen molar-refractivity contribution in [1.29, 1.82) is 0 Å². The number of fused-ring (bicyclic) bond motifs is 2. The Kier molecular flexibility index (Phi) is 3.85. The minimum atomic E-state index is -0.129. The van der Waals surface area contributed by atoms with Crippen LogP contribution in [-0.4, -0.2) is 39.5 Å². The molecule has 0 aliphatic carbocycles. The van der Waals surface area contributed by atoms with E-state index in [-0.39, 0.29) is 5.69 Å². The van der Waals surface area contributed by atoms with Crippen molar-refractivity contribution in [3.63, 3.8) is 0 Å². The Labute approximate surface area is 152 Å². The summed E-state index contributed by atoms with van der Waals surface area (Å²) in [5, 5.41) is 3.49. The van der Waals surface area contributed by atoms with Crippen LogP contribution in [0.25, 0.3) is 11.0 Å². The van der Waals surface area contributed by atoms with Gasteiger partial charge in [0.2, 0.25) is 0 Å². The van der Waals surface area contributed by atoms with E-state index in [1.807, 2.05) is 12.1 Å². The molecule has 0 amide bonds. The van der Waals surface area contributed by atoms with E-state index < -0.39 is 0 Å². The molecule has 4 heterocycles. The molecule has 0 saturated carbocycles. The lowest BCUT2D eigenvalue weighted by Crippen LogP contribution is -2.34. The van der Waals surface area contributed by atoms with Crippen LogP contribution >= 0.6 is 0 Å². The number of rotatable bonds is 3. The van der Waals surface area contributed by atoms with Gasteiger partial charge in [-0.2, -0.15) is 0 Å². The first-order valence-electron chi connectivity index (χ1n) is 9.64. The average Bonchev–Trinajstić information content (AvgIpc) is 3.25. The minimum Gasteiger partial charge on any atom is -0.371 e. The van der Waals surface area contributed by atoms with E-state index in [2.05, 4.69) is 37.4 Å². The van der Waals surface area contributed by atoms with Gasteiger partial charge in [-0.15, -0.1) is 0 Å². The normalized spacial score (nSPS) is 20.8. The molecule has 0 unspecified atom stereocenters. The van der Waals surface area contributed by atoms with Gasteiger partial charge in [0.25, 0.3) is 0 Å². The van der Waals surface area contributed by atoms with Crippen molar-refractivity contribution in [3.05, 3.63) is 51.6 Å². The van der Waals surface area contributed by atoms with Gasteiger partial charge in [0.15, 0.2) is 0 Å². The van der Waals surface area contributed by atoms with Crippen LogP contribution in [0.2, 0.25) is 0 Å². The molecule has 6 heteroatoms. The number of nitrogens with one attached hydrogen (secondary N) is 4. The molecule has 0 bridgehead atoms. The number of likely N-dealkylation sites (tertiary alicyclic amines) is 1. The quantitative estimate of drug-likeness (QED) is 0.586. The zero-order valence-corrected chi connectivity index (χ0v) is 14.9. The molecule has 2 aliphatic heterocycles. The molecule has 2 aliphatic rings. The van der Waals surface area contributed by atoms with Crippen molar-refractivity contribution < 1.29 is 0 Å². The molecular weight excluding hydrogens is 326 g/mol. The largest absolute Gasteiger partial charge is 0.371 e. The Hall–Kier alpha value is -2.47. The number of aromatic amines is 3. The number of hydrogen-bond donors (Lipinski definition) is 4. The van der Waals surface area contributed by atoms with E-state index in [0.717, 1.165) is 37.2 Å². The Morgan fingerprint density at radius 3 is 3.12 bits per heavy atom. The Morgan fingerprint density at radius 2 is 2.15 bits per heavy atom. The topological polar surface area (TPSA) is 79.7 Å². The molecule has 0 spiro atoms. The summed E-state index contributed by atoms with van der Waals surface area (Å²) < 4.78 is 0. The third-order valence-electron chi connectivity index (χ3n) is 5.90. The van der Waals surface area contributed by atoms with Crippen LogP contribution in [0.15, 0.2) is 29.2 Å². The standard InChI is InChI=1S/C20H25N5O/c26-20-23-17-7-1-4-14(18(17)24-20)12-25-9-3-5-13(11-25)16-10-22-19-15(16)6-2-8-21-19/h1,4,7,10,13,21-22H,2-3,5-6,8-9,11-12H2,(H2,23,24,26)/t13-/m1/s1. The molecule has 1 aromatic carbocycles. The fraction of sp³-hybridized carbons (Fsp3) is 0.450. The van der Waals surface area contributed by atoms with Gasteiger partial charge in [0, 0.05) is 25.8 Å². The Morgan fingerprint density at radius 1 is 1.19 bits per heavy atom. The van der Waals surface area contributed by atoms with Gasteiger partial charge in [-0.1, -0.05) is 12.1 Å². The van der Waals surface area contributed by atoms with E-state index >= 15 is 0 Å². The summed E-state index contributed by atoms with van der Waals surface area (Å²) in [4.78, 5) is 23.4. The van der Waals surface area contributed by atoms with Crippen LogP contribution in [0.1, 0.15) is 41.9 Å². The van der Waals surface area contributed by atoms with Crippen LogP contribution in [0, 0.1) is 0 Å². The van der Waals surface area contributed by atoms with Crippen molar-refractivity contribution in [1.82, 2.24) is 19.9 Å². The van der Waals surface area contributed by atoms with Crippen molar-refractivity contribution in [2.75, 3.05) is 25.0 Å². The SMILES string of the molecule is O=c1[nH]c2cccc(CN3CCC[C@@H](c4c[nH]c5c4CCCN5)C3)c2[nH]1. The predicted molar refractivity (Wildman–Crippen MR) is 104 cm³/mol. The maximum atomic E-state index is 11.6. The molecule has 1 fully saturated rings. The number of H-pyrrole nitrogens is 3. The summed E-state index contributed by atoms with van der Waals surface area (Å²) in [7, 11) is 0. The molecule has 5 rings (SSSR count). The van der Waals surface area contributed by atoms with Crippen LogP contribution < -0.4 is 11.0 Å². The number of imidazole rings is 1. The zero-order valence-electron chi connectivity index (χ0n) is 14.9. The molecule has 0 radical (unpaired) electrons. The molecule has 2 aromatic heterocycles. The Balaban J connectivity index is 1.37. The van der Waals surface area contributed by atoms with Gasteiger partial charge in [-0.25, -0.2) is 4.79 Å². The minimum absolute atomic E-state index is 0.129. The predicted octanol–water partition coefficient (Wildman–Crippen LogP) is 2.92. The Bertz CT molecular complexity index is 982. The number of anilines is 1. The fourth-order valence-corrected chi connectivity index (χ4v) is 4.68. The van der Waals surface area contributed by atoms with Crippen molar-refractivity contribution in [3.8, 4) is 0 Å². The maximum Gasteiger partial charge on any atom is 0.323 e. The van der Waals surface area contributed by atoms with E-state index in [9.17, 15) is 4.79 Å². The molecule has 136 valence electrons. The summed E-state index contributed by atoms with van der Waals surface area (Å²) in [5.74, 6) is 1.83. The molecule has 6 nitrogen and oxygen atoms in total. The van der Waals surface area contributed by atoms with Gasteiger partial charge >= 0.3 is 5.69 Å². The van der Waals surface area contributed by atoms with Crippen molar-refractivity contribution in [2.45, 2.75) is 38.1 Å². The van der Waals surface area contributed by atoms with E-state index in [0.29, 0.717) is 5.92 Å². The van der Waals surface area contributed by atoms with E-state index in [1.165, 1.54) is 48.2 Å². The summed E-state index contributed by atoms with van der Waals surface area (Å²) in [5.41, 5.74) is 5.91. The van der Waals surface area contributed by atoms with E-state index in [1.54, 1.807) is 0 Å². The van der Waals surface area contributed by atoms with Crippen LogP contribution in [0.4, 0.5) is 5.82 Å². The maximum absolute atomic E-state index is 11.6. The number of nitrogens with zero attached hydrogens (tertiary/aromatic N) is 1. The summed E-state index contributed by atoms with van der Waals surface area (Å²) in [6.45, 7) is 4.15. The zero-order chi connectivity index (χ0) is 17.5. The van der Waals surface area contributed by atoms with Gasteiger partial charge < -0.3 is 20.3 Å². The highest BCUT2D eigenvalue weighted by Crippen LogP contribution is 2.35. The van der Waals surface area contributed by atoms with Gasteiger partial charge in [-0.05, 0) is 60.9 Å². The van der Waals surface area contributed by atoms with Crippen molar-refractivity contribution >= 4 is 16.9 Å². The average molecular weight is 351 g/mol. The smallest absolute Gasteiger partial charge is 0.323 e. The summed E-state index contributed by atoms with van der Waals surface area (Å²) >= 11 is 0. The molecule has 1 saturated heterocycles. The summed E-state index contributed by atoms with van der Waals surface area (Å²) in [6, 6.07) is 6.10. The van der Waals surface area contributed by atoms with Crippen LogP contribution in [-0.2, 0) is 13.0 Å². The van der Waals surface area contributed by atoms with Gasteiger partial charge in [-0.3, -0.25) is 4.90 Å². The van der Waals surface area contributed by atoms with Gasteiger partial charge in [0.1, 0.15) is 5.82 Å². The third-order valence-corrected chi connectivity index (χ3v) is 5.90. The van der Waals surface area contributed by atoms with Crippen LogP contribution in [0.5, 0.6) is 0 Å². The van der Waals surface area contributed by atoms with Crippen LogP contribution in [0.3, 0.4) is 0 Å². The first-order chi connectivity index (χ1) is 12.8. The number of benzene rings is 1. The second-order valence-corrected chi connectivity index (χ2v) is 7.62. The molecule has 3 aromatic rings. The monoisotopic (exact) mass is 351 g/mol. The first-order valence-corrected chi connectivity index (χ1v) is 9.64. The molecule has 26 heavy (non-hydrogen) atoms. The molecule has 1 atom stereocenters. The first kappa shape index (κ1) is 15.8. The summed E-state index contributed by atoms with van der Waals surface area (Å²) in [6.07, 6.45) is 7.10. The second-order valence-electron chi connectivity index (χ2n) is 7.62. The number of aromatic nitrogens is 3. The van der Waals surface area contributed by atoms with Crippen molar-refractivity contribution in [2.24, 2.45) is 0 Å². The van der Waals surface area contributed by atoms with E-state index in [4.69, 9.17) is 0 Å². The highest BCUT2D eigenvalue weighted by Gasteiger charge is 2.26. The highest BCUT2D eigenvalue weighted by molar-refractivity contribution is 5.78. The lowest BCUT2D eigenvalue weighted by atomic mass is 9.88. The highest BCUT2D eigenvalue weighted by atomic mass is 16.1. The molecular formula is C20H25N5O. The number of hydrogen-bond acceptors (Lipinski definition) is 3.